The molecule has 2 N–H and O–H groups in total. The normalized spacial score (nSPS) is 26.0. The van der Waals surface area contributed by atoms with Crippen molar-refractivity contribution in [3.05, 3.63) is 0 Å². The van der Waals surface area contributed by atoms with Crippen molar-refractivity contribution in [2.75, 3.05) is 45.9 Å². The molecular formula is C17H35Cl2N3O2. The number of halogens is 2. The summed E-state index contributed by atoms with van der Waals surface area (Å²) in [5, 5.41) is 0. The second-order valence-electron chi connectivity index (χ2n) is 7.19. The smallest absolute Gasteiger partial charge is 0.240 e. The Kier molecular flexibility index (Phi) is 10.8. The van der Waals surface area contributed by atoms with Crippen molar-refractivity contribution >= 4 is 30.7 Å². The zero-order valence-corrected chi connectivity index (χ0v) is 17.0. The zero-order valence-electron chi connectivity index (χ0n) is 15.3. The summed E-state index contributed by atoms with van der Waals surface area (Å²) in [6.45, 7) is 12.1. The molecule has 2 heterocycles. The summed E-state index contributed by atoms with van der Waals surface area (Å²) in [6, 6.07) is 0.0130. The molecule has 2 aliphatic rings. The number of likely N-dealkylation sites (tertiary alicyclic amines) is 1. The maximum absolute atomic E-state index is 13.2. The van der Waals surface area contributed by atoms with Gasteiger partial charge in [-0.25, -0.2) is 0 Å². The molecule has 0 radical (unpaired) electrons. The molecule has 2 aliphatic heterocycles. The van der Waals surface area contributed by atoms with E-state index in [0.29, 0.717) is 18.4 Å². The standard InChI is InChI=1S/C17H33N3O2.2ClH/c1-4-14(5-2)15(19-8-10-22-11-9-19)16(21)20-7-6-17(3,12-18)13-20;;/h14-15H,4-13,18H2,1-3H3;2*1H. The van der Waals surface area contributed by atoms with Gasteiger partial charge in [0.1, 0.15) is 0 Å². The molecule has 144 valence electrons. The highest BCUT2D eigenvalue weighted by molar-refractivity contribution is 5.85. The van der Waals surface area contributed by atoms with Gasteiger partial charge in [-0.3, -0.25) is 9.69 Å². The molecule has 0 aromatic heterocycles. The number of amides is 1. The third-order valence-corrected chi connectivity index (χ3v) is 5.55. The molecular weight excluding hydrogens is 349 g/mol. The van der Waals surface area contributed by atoms with Gasteiger partial charge in [0, 0.05) is 26.2 Å². The van der Waals surface area contributed by atoms with Crippen molar-refractivity contribution < 1.29 is 9.53 Å². The first-order valence-electron chi connectivity index (χ1n) is 8.85. The molecule has 0 aliphatic carbocycles. The van der Waals surface area contributed by atoms with Crippen LogP contribution in [0.5, 0.6) is 0 Å². The third kappa shape index (κ3) is 5.46. The van der Waals surface area contributed by atoms with E-state index in [0.717, 1.165) is 58.7 Å². The maximum atomic E-state index is 13.2. The lowest BCUT2D eigenvalue weighted by molar-refractivity contribution is -0.140. The van der Waals surface area contributed by atoms with E-state index in [4.69, 9.17) is 10.5 Å². The monoisotopic (exact) mass is 383 g/mol. The average Bonchev–Trinajstić information content (AvgIpc) is 2.96. The fourth-order valence-electron chi connectivity index (χ4n) is 3.81. The lowest BCUT2D eigenvalue weighted by atomic mass is 9.89. The van der Waals surface area contributed by atoms with Gasteiger partial charge in [0.05, 0.1) is 19.3 Å². The molecule has 7 heteroatoms. The predicted molar refractivity (Wildman–Crippen MR) is 103 cm³/mol. The molecule has 0 saturated carbocycles. The Morgan fingerprint density at radius 1 is 1.17 bits per heavy atom. The first-order valence-corrected chi connectivity index (χ1v) is 8.85. The first kappa shape index (κ1) is 23.9. The number of carbonyl (C=O) groups excluding carboxylic acids is 1. The van der Waals surface area contributed by atoms with Gasteiger partial charge in [-0.2, -0.15) is 0 Å². The van der Waals surface area contributed by atoms with E-state index in [2.05, 4.69) is 30.6 Å². The molecule has 2 fully saturated rings. The van der Waals surface area contributed by atoms with Gasteiger partial charge in [0.25, 0.3) is 0 Å². The summed E-state index contributed by atoms with van der Waals surface area (Å²) in [7, 11) is 0. The Balaban J connectivity index is 0.00000264. The average molecular weight is 384 g/mol. The number of hydrogen-bond donors (Lipinski definition) is 1. The van der Waals surface area contributed by atoms with E-state index in [1.54, 1.807) is 0 Å². The van der Waals surface area contributed by atoms with Gasteiger partial charge in [-0.05, 0) is 24.3 Å². The molecule has 2 atom stereocenters. The number of rotatable bonds is 6. The Hall–Kier alpha value is -0.0700. The van der Waals surface area contributed by atoms with Crippen LogP contribution in [0, 0.1) is 11.3 Å². The van der Waals surface area contributed by atoms with Crippen molar-refractivity contribution in [3.63, 3.8) is 0 Å². The second-order valence-corrected chi connectivity index (χ2v) is 7.19. The molecule has 5 nitrogen and oxygen atoms in total. The maximum Gasteiger partial charge on any atom is 0.240 e. The Labute approximate surface area is 159 Å². The van der Waals surface area contributed by atoms with Crippen molar-refractivity contribution in [2.24, 2.45) is 17.1 Å². The van der Waals surface area contributed by atoms with Crippen LogP contribution in [0.15, 0.2) is 0 Å². The van der Waals surface area contributed by atoms with Crippen LogP contribution in [-0.4, -0.2) is 67.7 Å². The van der Waals surface area contributed by atoms with Crippen molar-refractivity contribution in [2.45, 2.75) is 46.1 Å². The number of nitrogens with two attached hydrogens (primary N) is 1. The van der Waals surface area contributed by atoms with E-state index < -0.39 is 0 Å². The predicted octanol–water partition coefficient (Wildman–Crippen LogP) is 2.16. The number of carbonyl (C=O) groups is 1. The highest BCUT2D eigenvalue weighted by Crippen LogP contribution is 2.31. The number of nitrogens with zero attached hydrogens (tertiary/aromatic N) is 2. The number of hydrogen-bond acceptors (Lipinski definition) is 4. The molecule has 2 unspecified atom stereocenters. The van der Waals surface area contributed by atoms with E-state index in [9.17, 15) is 4.79 Å². The van der Waals surface area contributed by atoms with Crippen molar-refractivity contribution in [1.82, 2.24) is 9.80 Å². The largest absolute Gasteiger partial charge is 0.379 e. The molecule has 1 amide bonds. The van der Waals surface area contributed by atoms with Crippen LogP contribution in [0.2, 0.25) is 0 Å². The SMILES string of the molecule is CCC(CC)C(C(=O)N1CCC(C)(CN)C1)N1CCOCC1.Cl.Cl. The summed E-state index contributed by atoms with van der Waals surface area (Å²) >= 11 is 0. The third-order valence-electron chi connectivity index (χ3n) is 5.55. The van der Waals surface area contributed by atoms with Crippen LogP contribution in [-0.2, 0) is 9.53 Å². The van der Waals surface area contributed by atoms with Crippen LogP contribution in [0.3, 0.4) is 0 Å². The van der Waals surface area contributed by atoms with E-state index >= 15 is 0 Å². The summed E-state index contributed by atoms with van der Waals surface area (Å²) in [5.41, 5.74) is 5.99. The van der Waals surface area contributed by atoms with Gasteiger partial charge in [0.2, 0.25) is 5.91 Å². The lowest BCUT2D eigenvalue weighted by Crippen LogP contribution is -2.55. The van der Waals surface area contributed by atoms with Gasteiger partial charge in [-0.15, -0.1) is 24.8 Å². The minimum Gasteiger partial charge on any atom is -0.379 e. The Bertz CT molecular complexity index is 377. The van der Waals surface area contributed by atoms with Crippen LogP contribution in [0.1, 0.15) is 40.0 Å². The van der Waals surface area contributed by atoms with E-state index in [-0.39, 0.29) is 36.3 Å². The molecule has 0 spiro atoms. The molecule has 0 aromatic rings. The van der Waals surface area contributed by atoms with Crippen molar-refractivity contribution in [1.29, 1.82) is 0 Å². The minimum absolute atomic E-state index is 0. The first-order chi connectivity index (χ1) is 10.5. The summed E-state index contributed by atoms with van der Waals surface area (Å²) < 4.78 is 5.47. The molecule has 0 aromatic carbocycles. The van der Waals surface area contributed by atoms with Gasteiger partial charge in [-0.1, -0.05) is 33.6 Å². The Morgan fingerprint density at radius 3 is 2.21 bits per heavy atom. The van der Waals surface area contributed by atoms with Crippen molar-refractivity contribution in [3.8, 4) is 0 Å². The highest BCUT2D eigenvalue weighted by Gasteiger charge is 2.41. The zero-order chi connectivity index (χ0) is 16.2. The highest BCUT2D eigenvalue weighted by atomic mass is 35.5. The van der Waals surface area contributed by atoms with Gasteiger partial charge in [0.15, 0.2) is 0 Å². The second kappa shape index (κ2) is 10.8. The number of morpholine rings is 1. The summed E-state index contributed by atoms with van der Waals surface area (Å²) in [6.07, 6.45) is 3.12. The molecule has 2 rings (SSSR count). The van der Waals surface area contributed by atoms with Gasteiger partial charge >= 0.3 is 0 Å². The van der Waals surface area contributed by atoms with E-state index in [1.807, 2.05) is 0 Å². The quantitative estimate of drug-likeness (QED) is 0.763. The molecule has 24 heavy (non-hydrogen) atoms. The van der Waals surface area contributed by atoms with Gasteiger partial charge < -0.3 is 15.4 Å². The molecule has 2 saturated heterocycles. The molecule has 0 bridgehead atoms. The number of ether oxygens (including phenoxy) is 1. The van der Waals surface area contributed by atoms with Crippen LogP contribution >= 0.6 is 24.8 Å². The minimum atomic E-state index is 0. The van der Waals surface area contributed by atoms with Crippen LogP contribution in [0.25, 0.3) is 0 Å². The summed E-state index contributed by atoms with van der Waals surface area (Å²) in [4.78, 5) is 17.6. The lowest BCUT2D eigenvalue weighted by Gasteiger charge is -2.39. The Morgan fingerprint density at radius 2 is 1.75 bits per heavy atom. The van der Waals surface area contributed by atoms with Crippen LogP contribution < -0.4 is 5.73 Å². The summed E-state index contributed by atoms with van der Waals surface area (Å²) in [5.74, 6) is 0.739. The van der Waals surface area contributed by atoms with E-state index in [1.165, 1.54) is 0 Å². The topological polar surface area (TPSA) is 58.8 Å². The fourth-order valence-corrected chi connectivity index (χ4v) is 3.81. The van der Waals surface area contributed by atoms with Crippen LogP contribution in [0.4, 0.5) is 0 Å². The fraction of sp³-hybridized carbons (Fsp3) is 0.941.